The van der Waals surface area contributed by atoms with E-state index in [2.05, 4.69) is 10.3 Å². The molecule has 17 heavy (non-hydrogen) atoms. The molecule has 1 fully saturated rings. The number of sulfone groups is 1. The van der Waals surface area contributed by atoms with Gasteiger partial charge in [-0.3, -0.25) is 4.98 Å². The van der Waals surface area contributed by atoms with Gasteiger partial charge in [0.1, 0.15) is 0 Å². The Kier molecular flexibility index (Phi) is 5.36. The SMILES string of the molecule is Cl.O=S(=O)(Cc1ccncc1)CC1CCNC1. The molecule has 1 N–H and O–H groups in total. The highest BCUT2D eigenvalue weighted by Crippen LogP contribution is 2.14. The highest BCUT2D eigenvalue weighted by molar-refractivity contribution is 7.90. The van der Waals surface area contributed by atoms with Crippen molar-refractivity contribution in [2.75, 3.05) is 18.8 Å². The monoisotopic (exact) mass is 276 g/mol. The van der Waals surface area contributed by atoms with E-state index in [4.69, 9.17) is 0 Å². The fourth-order valence-electron chi connectivity index (χ4n) is 2.01. The van der Waals surface area contributed by atoms with Gasteiger partial charge < -0.3 is 5.32 Å². The van der Waals surface area contributed by atoms with Crippen LogP contribution in [-0.4, -0.2) is 32.2 Å². The lowest BCUT2D eigenvalue weighted by Crippen LogP contribution is -2.20. The van der Waals surface area contributed by atoms with Crippen LogP contribution in [0.2, 0.25) is 0 Å². The molecule has 0 amide bonds. The summed E-state index contributed by atoms with van der Waals surface area (Å²) in [6.45, 7) is 1.77. The first-order valence-corrected chi connectivity index (χ1v) is 7.28. The van der Waals surface area contributed by atoms with Gasteiger partial charge in [-0.2, -0.15) is 0 Å². The zero-order valence-corrected chi connectivity index (χ0v) is 11.1. The Morgan fingerprint density at radius 2 is 2.06 bits per heavy atom. The maximum Gasteiger partial charge on any atom is 0.154 e. The molecule has 1 aromatic rings. The fourth-order valence-corrected chi connectivity index (χ4v) is 3.83. The molecule has 0 aliphatic carbocycles. The summed E-state index contributed by atoms with van der Waals surface area (Å²) in [4.78, 5) is 3.87. The maximum atomic E-state index is 11.9. The third kappa shape index (κ3) is 4.61. The Hall–Kier alpha value is -0.650. The maximum absolute atomic E-state index is 11.9. The Morgan fingerprint density at radius 1 is 1.35 bits per heavy atom. The van der Waals surface area contributed by atoms with Crippen LogP contribution in [0, 0.1) is 5.92 Å². The Labute approximate surface area is 108 Å². The van der Waals surface area contributed by atoms with Gasteiger partial charge in [0.2, 0.25) is 0 Å². The molecule has 2 rings (SSSR count). The highest BCUT2D eigenvalue weighted by atomic mass is 35.5. The summed E-state index contributed by atoms with van der Waals surface area (Å²) in [5, 5.41) is 3.18. The molecule has 1 saturated heterocycles. The van der Waals surface area contributed by atoms with Gasteiger partial charge in [-0.1, -0.05) is 0 Å². The third-order valence-corrected chi connectivity index (χ3v) is 4.54. The van der Waals surface area contributed by atoms with Crippen molar-refractivity contribution in [3.8, 4) is 0 Å². The van der Waals surface area contributed by atoms with E-state index in [0.29, 0.717) is 5.75 Å². The van der Waals surface area contributed by atoms with Crippen molar-refractivity contribution in [3.05, 3.63) is 30.1 Å². The van der Waals surface area contributed by atoms with Gasteiger partial charge in [-0.25, -0.2) is 8.42 Å². The molecule has 0 saturated carbocycles. The van der Waals surface area contributed by atoms with Crippen LogP contribution in [0.1, 0.15) is 12.0 Å². The quantitative estimate of drug-likeness (QED) is 0.892. The van der Waals surface area contributed by atoms with Gasteiger partial charge >= 0.3 is 0 Å². The minimum absolute atomic E-state index is 0. The van der Waals surface area contributed by atoms with Gasteiger partial charge in [0.25, 0.3) is 0 Å². The standard InChI is InChI=1S/C11H16N2O2S.ClH/c14-16(15,9-11-3-6-13-7-11)8-10-1-4-12-5-2-10;/h1-2,4-5,11,13H,3,6-9H2;1H. The van der Waals surface area contributed by atoms with E-state index in [-0.39, 0.29) is 24.1 Å². The minimum Gasteiger partial charge on any atom is -0.316 e. The lowest BCUT2D eigenvalue weighted by Gasteiger charge is -2.09. The average Bonchev–Trinajstić information content (AvgIpc) is 2.70. The van der Waals surface area contributed by atoms with Crippen LogP contribution in [0.4, 0.5) is 0 Å². The van der Waals surface area contributed by atoms with Crippen LogP contribution in [-0.2, 0) is 15.6 Å². The van der Waals surface area contributed by atoms with E-state index in [1.165, 1.54) is 0 Å². The molecule has 2 heterocycles. The molecule has 0 aromatic carbocycles. The normalized spacial score (nSPS) is 19.9. The molecule has 0 bridgehead atoms. The van der Waals surface area contributed by atoms with Crippen molar-refractivity contribution >= 4 is 22.2 Å². The fraction of sp³-hybridized carbons (Fsp3) is 0.545. The van der Waals surface area contributed by atoms with Crippen molar-refractivity contribution in [2.45, 2.75) is 12.2 Å². The van der Waals surface area contributed by atoms with Crippen LogP contribution >= 0.6 is 12.4 Å². The summed E-state index contributed by atoms with van der Waals surface area (Å²) in [5.74, 6) is 0.709. The molecular formula is C11H17ClN2O2S. The van der Waals surface area contributed by atoms with Crippen molar-refractivity contribution in [3.63, 3.8) is 0 Å². The number of pyridine rings is 1. The first-order valence-electron chi connectivity index (χ1n) is 5.46. The van der Waals surface area contributed by atoms with E-state index >= 15 is 0 Å². The molecule has 0 spiro atoms. The van der Waals surface area contributed by atoms with Gasteiger partial charge in [0.05, 0.1) is 11.5 Å². The Morgan fingerprint density at radius 3 is 2.65 bits per heavy atom. The first-order chi connectivity index (χ1) is 7.66. The summed E-state index contributed by atoms with van der Waals surface area (Å²) in [6.07, 6.45) is 4.22. The van der Waals surface area contributed by atoms with Crippen molar-refractivity contribution in [2.24, 2.45) is 5.92 Å². The molecule has 1 aromatic heterocycles. The molecule has 1 aliphatic heterocycles. The number of hydrogen-bond donors (Lipinski definition) is 1. The van der Waals surface area contributed by atoms with Crippen molar-refractivity contribution in [1.82, 2.24) is 10.3 Å². The van der Waals surface area contributed by atoms with Crippen molar-refractivity contribution < 1.29 is 8.42 Å². The topological polar surface area (TPSA) is 59.1 Å². The van der Waals surface area contributed by atoms with Crippen LogP contribution in [0.3, 0.4) is 0 Å². The van der Waals surface area contributed by atoms with E-state index in [1.807, 2.05) is 0 Å². The van der Waals surface area contributed by atoms with Crippen LogP contribution in [0.15, 0.2) is 24.5 Å². The molecule has 1 atom stereocenters. The molecule has 1 aliphatic rings. The number of nitrogens with zero attached hydrogens (tertiary/aromatic N) is 1. The Bertz CT molecular complexity index is 430. The second-order valence-corrected chi connectivity index (χ2v) is 6.38. The summed E-state index contributed by atoms with van der Waals surface area (Å²) >= 11 is 0. The molecular weight excluding hydrogens is 260 g/mol. The van der Waals surface area contributed by atoms with Crippen LogP contribution < -0.4 is 5.32 Å². The third-order valence-electron chi connectivity index (χ3n) is 2.79. The zero-order chi connectivity index (χ0) is 11.4. The lowest BCUT2D eigenvalue weighted by molar-refractivity contribution is 0.570. The van der Waals surface area contributed by atoms with E-state index in [1.54, 1.807) is 24.5 Å². The van der Waals surface area contributed by atoms with E-state index < -0.39 is 9.84 Å². The number of halogens is 1. The number of hydrogen-bond acceptors (Lipinski definition) is 4. The molecule has 0 radical (unpaired) electrons. The Balaban J connectivity index is 0.00000144. The highest BCUT2D eigenvalue weighted by Gasteiger charge is 2.22. The largest absolute Gasteiger partial charge is 0.316 e. The van der Waals surface area contributed by atoms with Gasteiger partial charge in [-0.05, 0) is 43.1 Å². The summed E-state index contributed by atoms with van der Waals surface area (Å²) < 4.78 is 23.8. The predicted molar refractivity (Wildman–Crippen MR) is 70.0 cm³/mol. The summed E-state index contributed by atoms with van der Waals surface area (Å²) in [6, 6.07) is 3.51. The predicted octanol–water partition coefficient (Wildman–Crippen LogP) is 1.03. The number of aromatic nitrogens is 1. The van der Waals surface area contributed by atoms with E-state index in [0.717, 1.165) is 25.1 Å². The lowest BCUT2D eigenvalue weighted by atomic mass is 10.2. The number of nitrogens with one attached hydrogen (secondary N) is 1. The smallest absolute Gasteiger partial charge is 0.154 e. The van der Waals surface area contributed by atoms with Crippen LogP contribution in [0.25, 0.3) is 0 Å². The molecule has 96 valence electrons. The number of rotatable bonds is 4. The van der Waals surface area contributed by atoms with Gasteiger partial charge in [-0.15, -0.1) is 12.4 Å². The molecule has 6 heteroatoms. The molecule has 1 unspecified atom stereocenters. The summed E-state index contributed by atoms with van der Waals surface area (Å²) in [7, 11) is -2.99. The van der Waals surface area contributed by atoms with Gasteiger partial charge in [0.15, 0.2) is 9.84 Å². The summed E-state index contributed by atoms with van der Waals surface area (Å²) in [5.41, 5.74) is 0.820. The van der Waals surface area contributed by atoms with Crippen LogP contribution in [0.5, 0.6) is 0 Å². The first kappa shape index (κ1) is 14.4. The van der Waals surface area contributed by atoms with Crippen molar-refractivity contribution in [1.29, 1.82) is 0 Å². The second-order valence-electron chi connectivity index (χ2n) is 4.27. The second kappa shape index (κ2) is 6.33. The molecule has 4 nitrogen and oxygen atoms in total. The van der Waals surface area contributed by atoms with Gasteiger partial charge in [0, 0.05) is 12.4 Å². The zero-order valence-electron chi connectivity index (χ0n) is 9.50. The average molecular weight is 277 g/mol. The minimum atomic E-state index is -2.99. The van der Waals surface area contributed by atoms with E-state index in [9.17, 15) is 8.42 Å².